The van der Waals surface area contributed by atoms with Crippen molar-refractivity contribution in [2.24, 2.45) is 0 Å². The summed E-state index contributed by atoms with van der Waals surface area (Å²) < 4.78 is 17.7. The van der Waals surface area contributed by atoms with Gasteiger partial charge in [0.25, 0.3) is 11.5 Å². The number of amides is 1. The fraction of sp³-hybridized carbons (Fsp3) is 0.286. The largest absolute Gasteiger partial charge is 0.497 e. The van der Waals surface area contributed by atoms with Crippen molar-refractivity contribution in [1.82, 2.24) is 24.8 Å². The van der Waals surface area contributed by atoms with Crippen LogP contribution in [0.15, 0.2) is 47.7 Å². The van der Waals surface area contributed by atoms with Crippen molar-refractivity contribution in [2.45, 2.75) is 12.6 Å². The van der Waals surface area contributed by atoms with Crippen molar-refractivity contribution in [2.75, 3.05) is 27.4 Å². The maximum absolute atomic E-state index is 13.0. The molecule has 0 aliphatic carbocycles. The molecule has 0 bridgehead atoms. The van der Waals surface area contributed by atoms with Crippen LogP contribution in [0.1, 0.15) is 22.2 Å². The zero-order valence-corrected chi connectivity index (χ0v) is 17.1. The maximum Gasteiger partial charge on any atom is 0.255 e. The number of hydrogen-bond donors (Lipinski definition) is 1. The molecule has 10 nitrogen and oxygen atoms in total. The molecule has 0 saturated carbocycles. The summed E-state index contributed by atoms with van der Waals surface area (Å²) in [5.41, 5.74) is 1.00. The first-order valence-electron chi connectivity index (χ1n) is 9.59. The highest BCUT2D eigenvalue weighted by molar-refractivity contribution is 5.97. The zero-order chi connectivity index (χ0) is 21.8. The van der Waals surface area contributed by atoms with E-state index in [1.807, 2.05) is 0 Å². The molecule has 1 aliphatic rings. The Hall–Kier alpha value is -3.79. The Morgan fingerprint density at radius 3 is 2.81 bits per heavy atom. The molecular formula is C21H21N5O5. The van der Waals surface area contributed by atoms with Crippen LogP contribution in [0.2, 0.25) is 0 Å². The Morgan fingerprint density at radius 2 is 2.06 bits per heavy atom. The highest BCUT2D eigenvalue weighted by Crippen LogP contribution is 2.26. The first-order valence-corrected chi connectivity index (χ1v) is 9.59. The van der Waals surface area contributed by atoms with Gasteiger partial charge < -0.3 is 19.5 Å². The summed E-state index contributed by atoms with van der Waals surface area (Å²) in [6, 6.07) is 7.36. The average molecular weight is 423 g/mol. The van der Waals surface area contributed by atoms with Gasteiger partial charge in [-0.05, 0) is 18.2 Å². The van der Waals surface area contributed by atoms with Gasteiger partial charge >= 0.3 is 0 Å². The van der Waals surface area contributed by atoms with Gasteiger partial charge in [0.1, 0.15) is 29.7 Å². The number of aromatic nitrogens is 4. The minimum absolute atomic E-state index is 0.171. The van der Waals surface area contributed by atoms with Gasteiger partial charge in [-0.2, -0.15) is 0 Å². The van der Waals surface area contributed by atoms with E-state index in [0.29, 0.717) is 47.4 Å². The van der Waals surface area contributed by atoms with Gasteiger partial charge in [-0.25, -0.2) is 15.0 Å². The Labute approximate surface area is 177 Å². The van der Waals surface area contributed by atoms with Gasteiger partial charge in [0.2, 0.25) is 0 Å². The number of ether oxygens (including phenoxy) is 3. The lowest BCUT2D eigenvalue weighted by Gasteiger charge is -2.19. The number of nitrogens with one attached hydrogen (secondary N) is 1. The monoisotopic (exact) mass is 423 g/mol. The second-order valence-electron chi connectivity index (χ2n) is 6.75. The standard InChI is InChI=1S/C21H21N5O5/c1-29-13-3-4-14(18(9-13)30-2)21(28)25-17-11-31-8-7-26-19(27)10-16(24-20(17)26)15-5-6-22-12-23-15/h3-6,9-10,12,17H,7-8,11H2,1-2H3,(H,25,28). The molecule has 0 spiro atoms. The molecule has 10 heteroatoms. The topological polar surface area (TPSA) is 117 Å². The first-order chi connectivity index (χ1) is 15.1. The quantitative estimate of drug-likeness (QED) is 0.651. The molecule has 3 aromatic rings. The number of benzene rings is 1. The molecule has 4 rings (SSSR count). The van der Waals surface area contributed by atoms with Crippen LogP contribution in [-0.4, -0.2) is 52.9 Å². The maximum atomic E-state index is 13.0. The van der Waals surface area contributed by atoms with E-state index in [1.165, 1.54) is 31.2 Å². The lowest BCUT2D eigenvalue weighted by molar-refractivity contribution is 0.0853. The van der Waals surface area contributed by atoms with Gasteiger partial charge in [-0.15, -0.1) is 0 Å². The molecule has 31 heavy (non-hydrogen) atoms. The number of methoxy groups -OCH3 is 2. The minimum Gasteiger partial charge on any atom is -0.497 e. The summed E-state index contributed by atoms with van der Waals surface area (Å²) in [4.78, 5) is 38.5. The molecule has 1 aliphatic heterocycles. The van der Waals surface area contributed by atoms with E-state index in [4.69, 9.17) is 14.2 Å². The summed E-state index contributed by atoms with van der Waals surface area (Å²) >= 11 is 0. The Morgan fingerprint density at radius 1 is 1.19 bits per heavy atom. The van der Waals surface area contributed by atoms with Crippen LogP contribution < -0.4 is 20.3 Å². The van der Waals surface area contributed by atoms with Gasteiger partial charge in [0.05, 0.1) is 50.9 Å². The Balaban J connectivity index is 1.70. The summed E-state index contributed by atoms with van der Waals surface area (Å²) in [7, 11) is 3.01. The van der Waals surface area contributed by atoms with Crippen LogP contribution in [0.5, 0.6) is 11.5 Å². The molecule has 1 amide bonds. The number of fused-ring (bicyclic) bond motifs is 1. The van der Waals surface area contributed by atoms with Crippen LogP contribution in [0, 0.1) is 0 Å². The van der Waals surface area contributed by atoms with E-state index >= 15 is 0 Å². The molecule has 1 aromatic carbocycles. The van der Waals surface area contributed by atoms with E-state index in [1.54, 1.807) is 30.5 Å². The average Bonchev–Trinajstić information content (AvgIpc) is 3.01. The second kappa shape index (κ2) is 8.92. The van der Waals surface area contributed by atoms with Gasteiger partial charge in [-0.1, -0.05) is 0 Å². The SMILES string of the molecule is COc1ccc(C(=O)NC2COCCn3c2nc(-c2ccncn2)cc3=O)c(OC)c1. The lowest BCUT2D eigenvalue weighted by atomic mass is 10.1. The predicted octanol–water partition coefficient (Wildman–Crippen LogP) is 1.22. The van der Waals surface area contributed by atoms with Gasteiger partial charge in [0.15, 0.2) is 0 Å². The van der Waals surface area contributed by atoms with E-state index in [-0.39, 0.29) is 18.1 Å². The van der Waals surface area contributed by atoms with Crippen LogP contribution >= 0.6 is 0 Å². The molecule has 1 unspecified atom stereocenters. The highest BCUT2D eigenvalue weighted by atomic mass is 16.5. The number of rotatable bonds is 5. The van der Waals surface area contributed by atoms with Crippen molar-refractivity contribution in [1.29, 1.82) is 0 Å². The van der Waals surface area contributed by atoms with Crippen LogP contribution in [0.4, 0.5) is 0 Å². The lowest BCUT2D eigenvalue weighted by Crippen LogP contribution is -2.35. The van der Waals surface area contributed by atoms with Crippen LogP contribution in [0.3, 0.4) is 0 Å². The Kier molecular flexibility index (Phi) is 5.89. The normalized spacial score (nSPS) is 15.5. The number of carbonyl (C=O) groups excluding carboxylic acids is 1. The van der Waals surface area contributed by atoms with Crippen molar-refractivity contribution < 1.29 is 19.0 Å². The fourth-order valence-corrected chi connectivity index (χ4v) is 3.35. The second-order valence-corrected chi connectivity index (χ2v) is 6.75. The third-order valence-electron chi connectivity index (χ3n) is 4.90. The zero-order valence-electron chi connectivity index (χ0n) is 17.1. The van der Waals surface area contributed by atoms with Crippen molar-refractivity contribution in [3.05, 3.63) is 64.6 Å². The third kappa shape index (κ3) is 4.24. The predicted molar refractivity (Wildman–Crippen MR) is 110 cm³/mol. The van der Waals surface area contributed by atoms with Crippen molar-refractivity contribution in [3.8, 4) is 22.9 Å². The van der Waals surface area contributed by atoms with Gasteiger partial charge in [-0.3, -0.25) is 14.2 Å². The molecule has 3 heterocycles. The minimum atomic E-state index is -0.642. The van der Waals surface area contributed by atoms with E-state index < -0.39 is 6.04 Å². The summed E-state index contributed by atoms with van der Waals surface area (Å²) in [5.74, 6) is 0.952. The molecular weight excluding hydrogens is 402 g/mol. The van der Waals surface area contributed by atoms with E-state index in [0.717, 1.165) is 0 Å². The molecule has 1 atom stereocenters. The summed E-state index contributed by atoms with van der Waals surface area (Å²) in [6.07, 6.45) is 2.96. The number of hydrogen-bond acceptors (Lipinski definition) is 8. The molecule has 160 valence electrons. The van der Waals surface area contributed by atoms with E-state index in [2.05, 4.69) is 20.3 Å². The summed E-state index contributed by atoms with van der Waals surface area (Å²) in [5, 5.41) is 2.91. The number of carbonyl (C=O) groups is 1. The first kappa shape index (κ1) is 20.5. The summed E-state index contributed by atoms with van der Waals surface area (Å²) in [6.45, 7) is 0.840. The van der Waals surface area contributed by atoms with Crippen LogP contribution in [0.25, 0.3) is 11.4 Å². The highest BCUT2D eigenvalue weighted by Gasteiger charge is 2.26. The van der Waals surface area contributed by atoms with Gasteiger partial charge in [0, 0.05) is 18.3 Å². The molecule has 0 radical (unpaired) electrons. The molecule has 2 aromatic heterocycles. The van der Waals surface area contributed by atoms with Crippen molar-refractivity contribution in [3.63, 3.8) is 0 Å². The molecule has 0 fully saturated rings. The third-order valence-corrected chi connectivity index (χ3v) is 4.90. The number of nitrogens with zero attached hydrogens (tertiary/aromatic N) is 4. The molecule has 0 saturated heterocycles. The van der Waals surface area contributed by atoms with Crippen molar-refractivity contribution >= 4 is 5.91 Å². The molecule has 1 N–H and O–H groups in total. The smallest absolute Gasteiger partial charge is 0.255 e. The fourth-order valence-electron chi connectivity index (χ4n) is 3.35. The van der Waals surface area contributed by atoms with E-state index in [9.17, 15) is 9.59 Å². The Bertz CT molecular complexity index is 1150. The van der Waals surface area contributed by atoms with Crippen LogP contribution in [-0.2, 0) is 11.3 Å².